The van der Waals surface area contributed by atoms with Crippen molar-refractivity contribution < 1.29 is 23.7 Å². The SMILES string of the molecule is COc1ccc(-c2ccc(N3CCC4(CC3)CC(=O)c3c(OC)cc(OC)cc3O4)nn2)cc1. The van der Waals surface area contributed by atoms with Crippen LogP contribution in [0.4, 0.5) is 5.82 Å². The van der Waals surface area contributed by atoms with Gasteiger partial charge in [0, 0.05) is 43.6 Å². The average Bonchev–Trinajstić information content (AvgIpc) is 2.88. The summed E-state index contributed by atoms with van der Waals surface area (Å²) in [5.74, 6) is 3.28. The van der Waals surface area contributed by atoms with Crippen LogP contribution >= 0.6 is 0 Å². The Morgan fingerprint density at radius 1 is 0.882 bits per heavy atom. The first-order chi connectivity index (χ1) is 16.5. The third kappa shape index (κ3) is 4.00. The minimum Gasteiger partial charge on any atom is -0.497 e. The molecule has 1 aromatic heterocycles. The zero-order valence-electron chi connectivity index (χ0n) is 19.5. The molecule has 176 valence electrons. The maximum atomic E-state index is 13.1. The van der Waals surface area contributed by atoms with Crippen LogP contribution in [0.3, 0.4) is 0 Å². The van der Waals surface area contributed by atoms with Crippen molar-refractivity contribution in [3.63, 3.8) is 0 Å². The number of Topliss-reactive ketones (excluding diaryl/α,β-unsaturated/α-hetero) is 1. The fourth-order valence-electron chi connectivity index (χ4n) is 4.68. The zero-order chi connectivity index (χ0) is 23.7. The van der Waals surface area contributed by atoms with Crippen molar-refractivity contribution >= 4 is 11.6 Å². The first-order valence-corrected chi connectivity index (χ1v) is 11.3. The normalized spacial score (nSPS) is 16.6. The molecule has 0 unspecified atom stereocenters. The second-order valence-electron chi connectivity index (χ2n) is 8.58. The van der Waals surface area contributed by atoms with Gasteiger partial charge in [-0.1, -0.05) is 0 Å². The van der Waals surface area contributed by atoms with Gasteiger partial charge in [-0.3, -0.25) is 4.79 Å². The maximum Gasteiger partial charge on any atom is 0.174 e. The van der Waals surface area contributed by atoms with Crippen LogP contribution in [0.25, 0.3) is 11.3 Å². The summed E-state index contributed by atoms with van der Waals surface area (Å²) >= 11 is 0. The number of aromatic nitrogens is 2. The van der Waals surface area contributed by atoms with E-state index in [0.29, 0.717) is 42.1 Å². The van der Waals surface area contributed by atoms with Gasteiger partial charge >= 0.3 is 0 Å². The lowest BCUT2D eigenvalue weighted by molar-refractivity contribution is 0.0224. The Balaban J connectivity index is 1.29. The number of benzene rings is 2. The summed E-state index contributed by atoms with van der Waals surface area (Å²) in [4.78, 5) is 15.2. The van der Waals surface area contributed by atoms with E-state index >= 15 is 0 Å². The fourth-order valence-corrected chi connectivity index (χ4v) is 4.68. The lowest BCUT2D eigenvalue weighted by atomic mass is 9.82. The van der Waals surface area contributed by atoms with Gasteiger partial charge in [0.25, 0.3) is 0 Å². The minimum absolute atomic E-state index is 0.0397. The molecule has 0 saturated carbocycles. The number of anilines is 1. The van der Waals surface area contributed by atoms with Gasteiger partial charge in [-0.2, -0.15) is 0 Å². The van der Waals surface area contributed by atoms with Crippen LogP contribution in [-0.2, 0) is 0 Å². The summed E-state index contributed by atoms with van der Waals surface area (Å²) in [6.07, 6.45) is 1.75. The molecule has 8 heteroatoms. The highest BCUT2D eigenvalue weighted by atomic mass is 16.5. The van der Waals surface area contributed by atoms with E-state index in [1.807, 2.05) is 36.4 Å². The van der Waals surface area contributed by atoms with Crippen molar-refractivity contribution in [1.29, 1.82) is 0 Å². The number of piperidine rings is 1. The van der Waals surface area contributed by atoms with Crippen molar-refractivity contribution in [3.05, 3.63) is 54.1 Å². The molecule has 1 spiro atoms. The first-order valence-electron chi connectivity index (χ1n) is 11.3. The lowest BCUT2D eigenvalue weighted by Crippen LogP contribution is -2.51. The molecule has 3 heterocycles. The highest BCUT2D eigenvalue weighted by Gasteiger charge is 2.44. The molecule has 0 amide bonds. The van der Waals surface area contributed by atoms with Gasteiger partial charge in [0.2, 0.25) is 0 Å². The number of hydrogen-bond donors (Lipinski definition) is 0. The van der Waals surface area contributed by atoms with Crippen LogP contribution in [0.5, 0.6) is 23.0 Å². The summed E-state index contributed by atoms with van der Waals surface area (Å²) < 4.78 is 22.4. The van der Waals surface area contributed by atoms with E-state index in [1.54, 1.807) is 33.5 Å². The first kappa shape index (κ1) is 22.0. The quantitative estimate of drug-likeness (QED) is 0.560. The predicted octanol–water partition coefficient (Wildman–Crippen LogP) is 4.17. The maximum absolute atomic E-state index is 13.1. The van der Waals surface area contributed by atoms with E-state index < -0.39 is 5.60 Å². The predicted molar refractivity (Wildman–Crippen MR) is 127 cm³/mol. The van der Waals surface area contributed by atoms with Crippen molar-refractivity contribution in [2.75, 3.05) is 39.3 Å². The van der Waals surface area contributed by atoms with Crippen LogP contribution in [0.2, 0.25) is 0 Å². The summed E-state index contributed by atoms with van der Waals surface area (Å²) in [5.41, 5.74) is 1.75. The zero-order valence-corrected chi connectivity index (χ0v) is 19.5. The Labute approximate surface area is 198 Å². The molecule has 8 nitrogen and oxygen atoms in total. The molecule has 0 aliphatic carbocycles. The molecule has 2 aromatic carbocycles. The third-order valence-corrected chi connectivity index (χ3v) is 6.62. The summed E-state index contributed by atoms with van der Waals surface area (Å²) in [7, 11) is 4.78. The van der Waals surface area contributed by atoms with Crippen molar-refractivity contribution in [3.8, 4) is 34.3 Å². The van der Waals surface area contributed by atoms with E-state index in [0.717, 1.165) is 35.9 Å². The van der Waals surface area contributed by atoms with Crippen LogP contribution in [-0.4, -0.2) is 56.0 Å². The largest absolute Gasteiger partial charge is 0.497 e. The number of ether oxygens (including phenoxy) is 4. The van der Waals surface area contributed by atoms with Gasteiger partial charge in [-0.05, 0) is 36.4 Å². The second-order valence-corrected chi connectivity index (χ2v) is 8.58. The lowest BCUT2D eigenvalue weighted by Gasteiger charge is -2.44. The molecule has 3 aromatic rings. The van der Waals surface area contributed by atoms with E-state index in [-0.39, 0.29) is 5.78 Å². The third-order valence-electron chi connectivity index (χ3n) is 6.62. The Bertz CT molecular complexity index is 1190. The van der Waals surface area contributed by atoms with Crippen LogP contribution in [0, 0.1) is 0 Å². The Morgan fingerprint density at radius 2 is 1.62 bits per heavy atom. The molecule has 0 N–H and O–H groups in total. The van der Waals surface area contributed by atoms with Gasteiger partial charge < -0.3 is 23.8 Å². The molecule has 0 radical (unpaired) electrons. The second kappa shape index (κ2) is 8.85. The number of rotatable bonds is 5. The van der Waals surface area contributed by atoms with E-state index in [9.17, 15) is 4.79 Å². The van der Waals surface area contributed by atoms with E-state index in [1.165, 1.54) is 0 Å². The molecule has 0 atom stereocenters. The van der Waals surface area contributed by atoms with Crippen molar-refractivity contribution in [2.24, 2.45) is 0 Å². The monoisotopic (exact) mass is 461 g/mol. The van der Waals surface area contributed by atoms with Gasteiger partial charge in [-0.15, -0.1) is 10.2 Å². The van der Waals surface area contributed by atoms with E-state index in [2.05, 4.69) is 15.1 Å². The van der Waals surface area contributed by atoms with E-state index in [4.69, 9.17) is 18.9 Å². The Kier molecular flexibility index (Phi) is 5.73. The van der Waals surface area contributed by atoms with Crippen LogP contribution < -0.4 is 23.8 Å². The van der Waals surface area contributed by atoms with Gasteiger partial charge in [0.05, 0.1) is 33.4 Å². The fraction of sp³-hybridized carbons (Fsp3) is 0.346. The standard InChI is InChI=1S/C26H27N3O5/c1-31-18-6-4-17(5-7-18)20-8-9-24(28-27-20)29-12-10-26(11-13-29)16-21(30)25-22(33-3)14-19(32-2)15-23(25)34-26/h4-9,14-15H,10-13,16H2,1-3H3. The molecule has 2 aliphatic heterocycles. The van der Waals surface area contributed by atoms with Crippen molar-refractivity contribution in [1.82, 2.24) is 10.2 Å². The summed E-state index contributed by atoms with van der Waals surface area (Å²) in [6.45, 7) is 1.44. The van der Waals surface area contributed by atoms with Crippen LogP contribution in [0.1, 0.15) is 29.6 Å². The number of fused-ring (bicyclic) bond motifs is 1. The van der Waals surface area contributed by atoms with Gasteiger partial charge in [0.1, 0.15) is 34.2 Å². The molecular weight excluding hydrogens is 434 g/mol. The highest BCUT2D eigenvalue weighted by molar-refractivity contribution is 6.03. The van der Waals surface area contributed by atoms with Crippen molar-refractivity contribution in [2.45, 2.75) is 24.9 Å². The molecule has 2 aliphatic rings. The number of methoxy groups -OCH3 is 3. The number of hydrogen-bond acceptors (Lipinski definition) is 8. The van der Waals surface area contributed by atoms with Crippen LogP contribution in [0.15, 0.2) is 48.5 Å². The number of carbonyl (C=O) groups excluding carboxylic acids is 1. The molecule has 5 rings (SSSR count). The average molecular weight is 462 g/mol. The molecular formula is C26H27N3O5. The number of ketones is 1. The summed E-state index contributed by atoms with van der Waals surface area (Å²) in [5, 5.41) is 8.87. The number of carbonyl (C=O) groups is 1. The number of nitrogens with zero attached hydrogens (tertiary/aromatic N) is 3. The molecule has 0 bridgehead atoms. The Morgan fingerprint density at radius 3 is 2.24 bits per heavy atom. The smallest absolute Gasteiger partial charge is 0.174 e. The highest BCUT2D eigenvalue weighted by Crippen LogP contribution is 2.45. The topological polar surface area (TPSA) is 83.0 Å². The van der Waals surface area contributed by atoms with Gasteiger partial charge in [-0.25, -0.2) is 0 Å². The van der Waals surface area contributed by atoms with Gasteiger partial charge in [0.15, 0.2) is 11.6 Å². The molecule has 1 saturated heterocycles. The molecule has 34 heavy (non-hydrogen) atoms. The Hall–Kier alpha value is -3.81. The molecule has 1 fully saturated rings. The summed E-state index contributed by atoms with van der Waals surface area (Å²) in [6, 6.07) is 15.2. The minimum atomic E-state index is -0.533.